The Kier molecular flexibility index (Phi) is 5.04. The molecule has 0 aromatic heterocycles. The molecule has 0 spiro atoms. The third kappa shape index (κ3) is 3.41. The van der Waals surface area contributed by atoms with Crippen LogP contribution < -0.4 is 5.73 Å². The van der Waals surface area contributed by atoms with Crippen molar-refractivity contribution in [1.82, 2.24) is 9.80 Å². The van der Waals surface area contributed by atoms with Crippen molar-refractivity contribution >= 4 is 11.8 Å². The van der Waals surface area contributed by atoms with Gasteiger partial charge in [-0.2, -0.15) is 0 Å². The topological polar surface area (TPSA) is 66.6 Å². The number of hydrogen-bond donors (Lipinski definition) is 1. The van der Waals surface area contributed by atoms with Crippen LogP contribution in [0, 0.1) is 5.92 Å². The van der Waals surface area contributed by atoms with Gasteiger partial charge in [-0.05, 0) is 56.6 Å². The molecule has 2 atom stereocenters. The molecule has 5 nitrogen and oxygen atoms in total. The lowest BCUT2D eigenvalue weighted by atomic mass is 9.92. The molecule has 0 saturated carbocycles. The van der Waals surface area contributed by atoms with Gasteiger partial charge in [0.15, 0.2) is 0 Å². The van der Waals surface area contributed by atoms with Crippen LogP contribution in [-0.4, -0.2) is 47.3 Å². The highest BCUT2D eigenvalue weighted by atomic mass is 16.2. The number of allylic oxidation sites excluding steroid dienone is 2. The number of amides is 2. The van der Waals surface area contributed by atoms with Gasteiger partial charge in [-0.1, -0.05) is 24.3 Å². The van der Waals surface area contributed by atoms with Crippen molar-refractivity contribution in [2.24, 2.45) is 11.7 Å². The van der Waals surface area contributed by atoms with Gasteiger partial charge < -0.3 is 15.5 Å². The van der Waals surface area contributed by atoms with E-state index in [1.807, 2.05) is 17.0 Å². The van der Waals surface area contributed by atoms with E-state index < -0.39 is 5.91 Å². The Morgan fingerprint density at radius 2 is 1.96 bits per heavy atom. The average molecular weight is 367 g/mol. The first-order chi connectivity index (χ1) is 13.1. The van der Waals surface area contributed by atoms with Crippen molar-refractivity contribution in [3.05, 3.63) is 47.0 Å². The van der Waals surface area contributed by atoms with E-state index in [1.54, 1.807) is 6.07 Å². The Hall–Kier alpha value is -2.14. The fourth-order valence-corrected chi connectivity index (χ4v) is 5.07. The van der Waals surface area contributed by atoms with Gasteiger partial charge in [-0.25, -0.2) is 0 Å². The van der Waals surface area contributed by atoms with Gasteiger partial charge in [0.25, 0.3) is 5.91 Å². The number of nitrogens with zero attached hydrogens (tertiary/aromatic N) is 2. The average Bonchev–Trinajstić information content (AvgIpc) is 2.94. The Morgan fingerprint density at radius 3 is 2.63 bits per heavy atom. The monoisotopic (exact) mass is 367 g/mol. The van der Waals surface area contributed by atoms with Crippen LogP contribution in [0.1, 0.15) is 71.3 Å². The predicted molar refractivity (Wildman–Crippen MR) is 105 cm³/mol. The summed E-state index contributed by atoms with van der Waals surface area (Å²) in [4.78, 5) is 29.5. The van der Waals surface area contributed by atoms with Gasteiger partial charge in [0.2, 0.25) is 5.91 Å². The van der Waals surface area contributed by atoms with Gasteiger partial charge in [-0.3, -0.25) is 9.59 Å². The summed E-state index contributed by atoms with van der Waals surface area (Å²) in [7, 11) is 0. The maximum absolute atomic E-state index is 13.1. The van der Waals surface area contributed by atoms with Crippen molar-refractivity contribution in [1.29, 1.82) is 0 Å². The summed E-state index contributed by atoms with van der Waals surface area (Å²) in [5, 5.41) is 0. The molecule has 2 amide bonds. The molecule has 1 aliphatic carbocycles. The van der Waals surface area contributed by atoms with E-state index >= 15 is 0 Å². The quantitative estimate of drug-likeness (QED) is 0.832. The molecule has 1 saturated heterocycles. The first-order valence-corrected chi connectivity index (χ1v) is 10.2. The van der Waals surface area contributed by atoms with Crippen molar-refractivity contribution in [3.63, 3.8) is 0 Å². The summed E-state index contributed by atoms with van der Waals surface area (Å²) < 4.78 is 0. The molecule has 2 aliphatic heterocycles. The Balaban J connectivity index is 1.43. The van der Waals surface area contributed by atoms with E-state index in [2.05, 4.69) is 24.0 Å². The Labute approximate surface area is 161 Å². The summed E-state index contributed by atoms with van der Waals surface area (Å²) >= 11 is 0. The zero-order valence-corrected chi connectivity index (χ0v) is 16.1. The first-order valence-electron chi connectivity index (χ1n) is 10.2. The largest absolute Gasteiger partial charge is 0.366 e. The van der Waals surface area contributed by atoms with Crippen LogP contribution in [0.25, 0.3) is 0 Å². The summed E-state index contributed by atoms with van der Waals surface area (Å²) in [5.74, 6) is 0.231. The molecule has 1 aromatic rings. The fraction of sp³-hybridized carbons (Fsp3) is 0.545. The minimum atomic E-state index is -0.523. The zero-order chi connectivity index (χ0) is 19.0. The van der Waals surface area contributed by atoms with E-state index in [0.717, 1.165) is 37.4 Å². The molecule has 0 radical (unpaired) electrons. The number of primary amides is 1. The fourth-order valence-electron chi connectivity index (χ4n) is 5.07. The molecule has 2 heterocycles. The number of carbonyl (C=O) groups is 2. The number of hydrogen-bond acceptors (Lipinski definition) is 3. The third-order valence-electron chi connectivity index (χ3n) is 6.52. The molecule has 2 unspecified atom stereocenters. The second kappa shape index (κ2) is 7.47. The van der Waals surface area contributed by atoms with Crippen molar-refractivity contribution < 1.29 is 9.59 Å². The third-order valence-corrected chi connectivity index (χ3v) is 6.52. The molecule has 3 aliphatic rings. The van der Waals surface area contributed by atoms with Crippen molar-refractivity contribution in [2.45, 2.75) is 51.1 Å². The van der Waals surface area contributed by atoms with Crippen LogP contribution >= 0.6 is 0 Å². The summed E-state index contributed by atoms with van der Waals surface area (Å²) in [6.07, 6.45) is 10.3. The molecule has 1 aromatic carbocycles. The number of fused-ring (bicyclic) bond motifs is 1. The Bertz CT molecular complexity index is 765. The molecule has 1 fully saturated rings. The van der Waals surface area contributed by atoms with Gasteiger partial charge in [0.05, 0.1) is 17.2 Å². The number of likely N-dealkylation sites (tertiary alicyclic amines) is 1. The maximum Gasteiger partial charge on any atom is 0.255 e. The Morgan fingerprint density at radius 1 is 1.19 bits per heavy atom. The molecule has 4 rings (SSSR count). The minimum Gasteiger partial charge on any atom is -0.366 e. The van der Waals surface area contributed by atoms with Crippen LogP contribution in [0.15, 0.2) is 30.4 Å². The molecular formula is C22H29N3O2. The number of carbonyl (C=O) groups excluding carboxylic acids is 2. The van der Waals surface area contributed by atoms with Crippen molar-refractivity contribution in [2.75, 3.05) is 19.6 Å². The molecular weight excluding hydrogens is 338 g/mol. The van der Waals surface area contributed by atoms with Gasteiger partial charge in [-0.15, -0.1) is 0 Å². The van der Waals surface area contributed by atoms with Crippen LogP contribution in [0.2, 0.25) is 0 Å². The molecule has 5 heteroatoms. The molecule has 0 bridgehead atoms. The number of nitrogens with two attached hydrogens (primary N) is 1. The second-order valence-corrected chi connectivity index (χ2v) is 8.20. The SMILES string of the molecule is CC1c2cccc(C(N)=O)c2C(=O)N1C1CCN(CC2CC=CCC2)CC1. The number of piperidine rings is 1. The molecule has 144 valence electrons. The number of benzene rings is 1. The van der Waals surface area contributed by atoms with Crippen LogP contribution in [0.4, 0.5) is 0 Å². The van der Waals surface area contributed by atoms with Gasteiger partial charge >= 0.3 is 0 Å². The van der Waals surface area contributed by atoms with Gasteiger partial charge in [0, 0.05) is 25.7 Å². The zero-order valence-electron chi connectivity index (χ0n) is 16.1. The van der Waals surface area contributed by atoms with E-state index in [9.17, 15) is 9.59 Å². The highest BCUT2D eigenvalue weighted by Crippen LogP contribution is 2.38. The first kappa shape index (κ1) is 18.2. The standard InChI is InChI=1S/C22H29N3O2/c1-15-18-8-5-9-19(21(23)26)20(18)22(27)25(15)17-10-12-24(13-11-17)14-16-6-3-2-4-7-16/h2-3,5,8-9,15-17H,4,6-7,10-14H2,1H3,(H2,23,26). The van der Waals surface area contributed by atoms with E-state index in [0.29, 0.717) is 11.1 Å². The minimum absolute atomic E-state index is 0.00633. The lowest BCUT2D eigenvalue weighted by Gasteiger charge is -2.40. The normalized spacial score (nSPS) is 26.4. The second-order valence-electron chi connectivity index (χ2n) is 8.20. The summed E-state index contributed by atoms with van der Waals surface area (Å²) in [6.45, 7) is 5.32. The summed E-state index contributed by atoms with van der Waals surface area (Å²) in [5.41, 5.74) is 7.32. The van der Waals surface area contributed by atoms with E-state index in [-0.39, 0.29) is 18.0 Å². The van der Waals surface area contributed by atoms with E-state index in [4.69, 9.17) is 5.73 Å². The smallest absolute Gasteiger partial charge is 0.255 e. The van der Waals surface area contributed by atoms with Crippen molar-refractivity contribution in [3.8, 4) is 0 Å². The predicted octanol–water partition coefficient (Wildman–Crippen LogP) is 3.12. The highest BCUT2D eigenvalue weighted by molar-refractivity contribution is 6.09. The van der Waals surface area contributed by atoms with Gasteiger partial charge in [0.1, 0.15) is 0 Å². The lowest BCUT2D eigenvalue weighted by molar-refractivity contribution is 0.0500. The lowest BCUT2D eigenvalue weighted by Crippen LogP contribution is -2.47. The summed E-state index contributed by atoms with van der Waals surface area (Å²) in [6, 6.07) is 5.69. The van der Waals surface area contributed by atoms with Crippen LogP contribution in [0.5, 0.6) is 0 Å². The number of rotatable bonds is 4. The molecule has 2 N–H and O–H groups in total. The molecule has 27 heavy (non-hydrogen) atoms. The van der Waals surface area contributed by atoms with Crippen LogP contribution in [0.3, 0.4) is 0 Å². The highest BCUT2D eigenvalue weighted by Gasteiger charge is 2.41. The van der Waals surface area contributed by atoms with Crippen LogP contribution in [-0.2, 0) is 0 Å². The van der Waals surface area contributed by atoms with E-state index in [1.165, 1.54) is 25.8 Å². The maximum atomic E-state index is 13.1.